The molecule has 0 atom stereocenters. The van der Waals surface area contributed by atoms with Gasteiger partial charge >= 0.3 is 0 Å². The van der Waals surface area contributed by atoms with Crippen LogP contribution in [0.4, 0.5) is 5.13 Å². The second kappa shape index (κ2) is 6.02. The zero-order valence-electron chi connectivity index (χ0n) is 10.8. The van der Waals surface area contributed by atoms with Crippen LogP contribution in [0, 0.1) is 0 Å². The number of hydrogen-bond acceptors (Lipinski definition) is 6. The Balaban J connectivity index is 1.95. The number of carbonyl (C=O) groups excluding carboxylic acids is 1. The Bertz CT molecular complexity index is 579. The predicted molar refractivity (Wildman–Crippen MR) is 77.3 cm³/mol. The summed E-state index contributed by atoms with van der Waals surface area (Å²) in [5, 5.41) is 1.40. The molecule has 1 aromatic carbocycles. The fourth-order valence-corrected chi connectivity index (χ4v) is 3.05. The van der Waals surface area contributed by atoms with E-state index in [1.165, 1.54) is 11.3 Å². The van der Waals surface area contributed by atoms with Crippen LogP contribution in [-0.4, -0.2) is 37.8 Å². The van der Waals surface area contributed by atoms with Crippen LogP contribution < -0.4 is 9.64 Å². The SMILES string of the molecule is O=COc1sc(N2CCOCC2)nc1-c1ccccc1. The number of benzene rings is 1. The molecule has 0 N–H and O–H groups in total. The van der Waals surface area contributed by atoms with Gasteiger partial charge in [0.2, 0.25) is 5.06 Å². The highest BCUT2D eigenvalue weighted by molar-refractivity contribution is 7.18. The van der Waals surface area contributed by atoms with Crippen LogP contribution in [0.15, 0.2) is 30.3 Å². The van der Waals surface area contributed by atoms with E-state index in [1.807, 2.05) is 30.3 Å². The molecule has 104 valence electrons. The van der Waals surface area contributed by atoms with Gasteiger partial charge in [0.1, 0.15) is 5.69 Å². The molecule has 0 saturated carbocycles. The molecule has 1 saturated heterocycles. The lowest BCUT2D eigenvalue weighted by Gasteiger charge is -2.25. The topological polar surface area (TPSA) is 51.7 Å². The van der Waals surface area contributed by atoms with Crippen molar-refractivity contribution in [3.63, 3.8) is 0 Å². The maximum Gasteiger partial charge on any atom is 0.299 e. The Morgan fingerprint density at radius 1 is 1.25 bits per heavy atom. The van der Waals surface area contributed by atoms with Gasteiger partial charge in [-0.3, -0.25) is 4.79 Å². The molecule has 2 heterocycles. The minimum Gasteiger partial charge on any atom is -0.415 e. The van der Waals surface area contributed by atoms with Crippen molar-refractivity contribution in [2.45, 2.75) is 0 Å². The van der Waals surface area contributed by atoms with Gasteiger partial charge < -0.3 is 14.4 Å². The second-order valence-corrected chi connectivity index (χ2v) is 5.25. The molecule has 20 heavy (non-hydrogen) atoms. The van der Waals surface area contributed by atoms with Crippen molar-refractivity contribution in [1.29, 1.82) is 0 Å². The molecule has 3 rings (SSSR count). The summed E-state index contributed by atoms with van der Waals surface area (Å²) in [4.78, 5) is 17.4. The molecule has 0 radical (unpaired) electrons. The third-order valence-corrected chi connectivity index (χ3v) is 4.08. The van der Waals surface area contributed by atoms with Gasteiger partial charge in [0.25, 0.3) is 6.47 Å². The third-order valence-electron chi connectivity index (χ3n) is 3.07. The maximum atomic E-state index is 10.7. The van der Waals surface area contributed by atoms with Crippen molar-refractivity contribution in [2.75, 3.05) is 31.2 Å². The summed E-state index contributed by atoms with van der Waals surface area (Å²) in [5.74, 6) is 0. The van der Waals surface area contributed by atoms with Crippen molar-refractivity contribution in [2.24, 2.45) is 0 Å². The Morgan fingerprint density at radius 3 is 2.70 bits per heavy atom. The van der Waals surface area contributed by atoms with Crippen molar-refractivity contribution in [3.05, 3.63) is 30.3 Å². The highest BCUT2D eigenvalue weighted by Crippen LogP contribution is 2.39. The van der Waals surface area contributed by atoms with E-state index in [1.54, 1.807) is 0 Å². The van der Waals surface area contributed by atoms with E-state index < -0.39 is 0 Å². The molecular formula is C14H14N2O3S. The standard InChI is InChI=1S/C14H14N2O3S/c17-10-19-13-12(11-4-2-1-3-5-11)15-14(20-13)16-6-8-18-9-7-16/h1-5,10H,6-9H2. The largest absolute Gasteiger partial charge is 0.415 e. The van der Waals surface area contributed by atoms with Gasteiger partial charge in [-0.05, 0) is 0 Å². The fraction of sp³-hybridized carbons (Fsp3) is 0.286. The molecule has 0 amide bonds. The first-order chi connectivity index (χ1) is 9.88. The van der Waals surface area contributed by atoms with E-state index in [9.17, 15) is 4.79 Å². The summed E-state index contributed by atoms with van der Waals surface area (Å²) in [5.41, 5.74) is 1.66. The van der Waals surface area contributed by atoms with Crippen molar-refractivity contribution in [1.82, 2.24) is 4.98 Å². The molecule has 1 aromatic heterocycles. The first-order valence-corrected chi connectivity index (χ1v) is 7.19. The van der Waals surface area contributed by atoms with Gasteiger partial charge in [-0.1, -0.05) is 41.7 Å². The first-order valence-electron chi connectivity index (χ1n) is 6.38. The number of rotatable bonds is 4. The van der Waals surface area contributed by atoms with E-state index in [4.69, 9.17) is 9.47 Å². The van der Waals surface area contributed by atoms with Gasteiger partial charge in [-0.25, -0.2) is 4.98 Å². The molecule has 1 aliphatic heterocycles. The number of nitrogens with zero attached hydrogens (tertiary/aromatic N) is 2. The second-order valence-electron chi connectivity index (χ2n) is 4.31. The lowest BCUT2D eigenvalue weighted by atomic mass is 10.2. The normalized spacial score (nSPS) is 15.1. The van der Waals surface area contributed by atoms with E-state index in [0.29, 0.717) is 30.4 Å². The van der Waals surface area contributed by atoms with E-state index in [2.05, 4.69) is 9.88 Å². The summed E-state index contributed by atoms with van der Waals surface area (Å²) in [6.07, 6.45) is 0. The van der Waals surface area contributed by atoms with Gasteiger partial charge in [-0.15, -0.1) is 0 Å². The molecule has 1 fully saturated rings. The fourth-order valence-electron chi connectivity index (χ4n) is 2.09. The minimum absolute atomic E-state index is 0.447. The number of anilines is 1. The highest BCUT2D eigenvalue weighted by Gasteiger charge is 2.20. The highest BCUT2D eigenvalue weighted by atomic mass is 32.1. The molecule has 0 unspecified atom stereocenters. The van der Waals surface area contributed by atoms with Gasteiger partial charge in [0.05, 0.1) is 13.2 Å². The Labute approximate surface area is 120 Å². The van der Waals surface area contributed by atoms with Gasteiger partial charge in [0.15, 0.2) is 5.13 Å². The average molecular weight is 290 g/mol. The summed E-state index contributed by atoms with van der Waals surface area (Å²) in [6, 6.07) is 9.73. The molecule has 6 heteroatoms. The molecule has 0 bridgehead atoms. The van der Waals surface area contributed by atoms with Crippen molar-refractivity contribution >= 4 is 22.9 Å². The zero-order valence-corrected chi connectivity index (χ0v) is 11.6. The summed E-state index contributed by atoms with van der Waals surface area (Å²) < 4.78 is 10.4. The van der Waals surface area contributed by atoms with Crippen molar-refractivity contribution < 1.29 is 14.3 Å². The molecule has 1 aliphatic rings. The van der Waals surface area contributed by atoms with E-state index in [-0.39, 0.29) is 0 Å². The molecule has 2 aromatic rings. The van der Waals surface area contributed by atoms with Crippen LogP contribution in [0.2, 0.25) is 0 Å². The maximum absolute atomic E-state index is 10.7. The number of morpholine rings is 1. The summed E-state index contributed by atoms with van der Waals surface area (Å²) in [7, 11) is 0. The summed E-state index contributed by atoms with van der Waals surface area (Å²) >= 11 is 1.39. The minimum atomic E-state index is 0.447. The monoisotopic (exact) mass is 290 g/mol. The Hall–Kier alpha value is -1.92. The van der Waals surface area contributed by atoms with Crippen LogP contribution >= 0.6 is 11.3 Å². The lowest BCUT2D eigenvalue weighted by molar-refractivity contribution is -0.120. The van der Waals surface area contributed by atoms with Crippen LogP contribution in [0.5, 0.6) is 5.06 Å². The smallest absolute Gasteiger partial charge is 0.299 e. The number of aromatic nitrogens is 1. The predicted octanol–water partition coefficient (Wildman–Crippen LogP) is 2.18. The molecule has 0 aliphatic carbocycles. The third kappa shape index (κ3) is 2.66. The van der Waals surface area contributed by atoms with Gasteiger partial charge in [0, 0.05) is 18.7 Å². The van der Waals surface area contributed by atoms with Crippen LogP contribution in [-0.2, 0) is 9.53 Å². The van der Waals surface area contributed by atoms with Crippen molar-refractivity contribution in [3.8, 4) is 16.3 Å². The van der Waals surface area contributed by atoms with Crippen LogP contribution in [0.25, 0.3) is 11.3 Å². The quantitative estimate of drug-likeness (QED) is 0.808. The van der Waals surface area contributed by atoms with Crippen LogP contribution in [0.3, 0.4) is 0 Å². The number of carbonyl (C=O) groups is 1. The van der Waals surface area contributed by atoms with Gasteiger partial charge in [-0.2, -0.15) is 0 Å². The number of ether oxygens (including phenoxy) is 2. The van der Waals surface area contributed by atoms with E-state index >= 15 is 0 Å². The number of hydrogen-bond donors (Lipinski definition) is 0. The first kappa shape index (κ1) is 13.1. The Kier molecular flexibility index (Phi) is 3.94. The summed E-state index contributed by atoms with van der Waals surface area (Å²) in [6.45, 7) is 3.46. The Morgan fingerprint density at radius 2 is 2.00 bits per heavy atom. The van der Waals surface area contributed by atoms with Crippen LogP contribution in [0.1, 0.15) is 0 Å². The average Bonchev–Trinajstić information content (AvgIpc) is 2.94. The lowest BCUT2D eigenvalue weighted by Crippen LogP contribution is -2.36. The molecular weight excluding hydrogens is 276 g/mol. The van der Waals surface area contributed by atoms with E-state index in [0.717, 1.165) is 23.8 Å². The zero-order chi connectivity index (χ0) is 13.8. The molecule has 0 spiro atoms. The molecule has 5 nitrogen and oxygen atoms in total. The number of thiazole rings is 1.